The molecule has 0 unspecified atom stereocenters. The first-order valence-electron chi connectivity index (χ1n) is 21.3. The van der Waals surface area contributed by atoms with E-state index in [4.69, 9.17) is 37.9 Å². The molecule has 16 nitrogen and oxygen atoms in total. The maximum Gasteiger partial charge on any atom is 0.308 e. The van der Waals surface area contributed by atoms with Crippen molar-refractivity contribution in [2.45, 2.75) is 190 Å². The van der Waals surface area contributed by atoms with E-state index in [0.717, 1.165) is 12.7 Å². The summed E-state index contributed by atoms with van der Waals surface area (Å²) in [6.45, 7) is 10.8. The van der Waals surface area contributed by atoms with Crippen molar-refractivity contribution in [1.82, 2.24) is 9.80 Å². The van der Waals surface area contributed by atoms with Gasteiger partial charge in [0.05, 0.1) is 54.7 Å². The zero-order valence-corrected chi connectivity index (χ0v) is 37.0. The Kier molecular flexibility index (Phi) is 18.9. The van der Waals surface area contributed by atoms with Gasteiger partial charge < -0.3 is 72.9 Å². The number of hydrogen-bond donors (Lipinski definition) is 4. The van der Waals surface area contributed by atoms with Gasteiger partial charge in [0.25, 0.3) is 0 Å². The summed E-state index contributed by atoms with van der Waals surface area (Å²) in [5, 5.41) is 45.1. The Morgan fingerprint density at radius 3 is 2.17 bits per heavy atom. The summed E-state index contributed by atoms with van der Waals surface area (Å²) in [4.78, 5) is 29.5. The minimum atomic E-state index is -1.47. The molecule has 4 rings (SSSR count). The highest BCUT2D eigenvalue weighted by Crippen LogP contribution is 2.37. The van der Waals surface area contributed by atoms with Crippen LogP contribution in [0.15, 0.2) is 24.3 Å². The van der Waals surface area contributed by atoms with Crippen LogP contribution in [0.1, 0.15) is 86.5 Å². The zero-order valence-electron chi connectivity index (χ0n) is 37.0. The number of hydrogen-bond acceptors (Lipinski definition) is 16. The molecule has 0 aromatic heterocycles. The highest BCUT2D eigenvalue weighted by atomic mass is 16.7. The molecule has 0 aromatic rings. The average molecular weight is 843 g/mol. The first-order chi connectivity index (χ1) is 27.8. The zero-order chi connectivity index (χ0) is 43.8. The van der Waals surface area contributed by atoms with Crippen molar-refractivity contribution in [3.8, 4) is 0 Å². The lowest BCUT2D eigenvalue weighted by Crippen LogP contribution is -2.65. The van der Waals surface area contributed by atoms with Crippen LogP contribution >= 0.6 is 0 Å². The molecule has 0 aromatic carbocycles. The first kappa shape index (κ1) is 49.8. The van der Waals surface area contributed by atoms with E-state index < -0.39 is 110 Å². The summed E-state index contributed by atoms with van der Waals surface area (Å²) in [5.41, 5.74) is -1.47. The van der Waals surface area contributed by atoms with Gasteiger partial charge in [-0.3, -0.25) is 4.79 Å². The molecule has 59 heavy (non-hydrogen) atoms. The minimum Gasteiger partial charge on any atom is -0.462 e. The van der Waals surface area contributed by atoms with Gasteiger partial charge in [-0.2, -0.15) is 0 Å². The number of methoxy groups -OCH3 is 1. The highest BCUT2D eigenvalue weighted by Gasteiger charge is 2.52. The van der Waals surface area contributed by atoms with Crippen LogP contribution in [0.3, 0.4) is 0 Å². The number of likely N-dealkylation sites (N-methyl/N-ethyl adjacent to an activating group) is 2. The molecule has 4 aliphatic rings. The monoisotopic (exact) mass is 843 g/mol. The van der Waals surface area contributed by atoms with E-state index in [1.54, 1.807) is 39.8 Å². The standard InChI is InChI=1S/C43H74N2O14/c1-24-21-29(19-20-46)39(59-42-37(49)36(45(9)10)38(27(4)56-42)58-35-23-43(6,51)41(50)28(5)55-35)40(52-11)31(47)22-33(48)53-25(2)15-13-12-14-16-32(24)57-34-18-17-30(44(7)8)26(3)54-34/h12-14,16,20,24-32,34-42,47,49-51H,15,17-19,21-23H2,1-11H3/b13-12+,16-14-/t24-,25-,26+,27+,28-,29+,30-,31-,32+,34-,35-,36-,37-,38+,39+,40+,41-,42-,43+/m1/s1. The van der Waals surface area contributed by atoms with E-state index in [1.807, 2.05) is 52.2 Å². The fraction of sp³-hybridized carbons (Fsp3) is 0.860. The largest absolute Gasteiger partial charge is 0.462 e. The van der Waals surface area contributed by atoms with Gasteiger partial charge in [0.15, 0.2) is 18.9 Å². The molecule has 0 spiro atoms. The van der Waals surface area contributed by atoms with Crippen molar-refractivity contribution in [1.29, 1.82) is 0 Å². The molecule has 3 fully saturated rings. The van der Waals surface area contributed by atoms with Crippen molar-refractivity contribution in [2.75, 3.05) is 35.3 Å². The summed E-state index contributed by atoms with van der Waals surface area (Å²) in [6, 6.07) is -0.466. The second-order valence-corrected chi connectivity index (χ2v) is 17.8. The Hall–Kier alpha value is -1.90. The van der Waals surface area contributed by atoms with Gasteiger partial charge in [0.2, 0.25) is 0 Å². The number of carbonyl (C=O) groups excluding carboxylic acids is 2. The molecule has 4 aliphatic heterocycles. The Morgan fingerprint density at radius 2 is 1.56 bits per heavy atom. The summed E-state index contributed by atoms with van der Waals surface area (Å²) < 4.78 is 50.0. The number of allylic oxidation sites excluding steroid dienone is 2. The van der Waals surface area contributed by atoms with Gasteiger partial charge in [-0.1, -0.05) is 31.2 Å². The number of aliphatic hydroxyl groups is 4. The average Bonchev–Trinajstić information content (AvgIpc) is 3.13. The van der Waals surface area contributed by atoms with Crippen LogP contribution in [-0.4, -0.2) is 181 Å². The molecular weight excluding hydrogens is 768 g/mol. The maximum absolute atomic E-state index is 13.1. The molecular formula is C43H74N2O14. The SMILES string of the molecule is CO[C@@H]1[C@@H](O[C@H]2O[C@@H](C)[C@H](O[C@@H]3C[C@](C)(O)[C@H](O)[C@@H](C)O3)[C@H](N(C)C)[C@H]2O)[C@@H](CC=O)C[C@@H](C)[C@@H](O[C@@H]2CC[C@@H](N(C)C)[C@H](C)O2)/C=C\C=C\C[C@@H](C)OC(=O)C[C@H]1O. The molecule has 19 atom stereocenters. The third kappa shape index (κ3) is 13.3. The number of aldehydes is 1. The fourth-order valence-electron chi connectivity index (χ4n) is 9.10. The molecule has 16 heteroatoms. The Balaban J connectivity index is 1.66. The van der Waals surface area contributed by atoms with Crippen molar-refractivity contribution in [2.24, 2.45) is 11.8 Å². The van der Waals surface area contributed by atoms with Crippen LogP contribution in [0.5, 0.6) is 0 Å². The smallest absolute Gasteiger partial charge is 0.308 e. The number of ether oxygens (including phenoxy) is 8. The molecule has 0 bridgehead atoms. The predicted octanol–water partition coefficient (Wildman–Crippen LogP) is 2.33. The highest BCUT2D eigenvalue weighted by molar-refractivity contribution is 5.70. The van der Waals surface area contributed by atoms with Gasteiger partial charge in [-0.25, -0.2) is 0 Å². The van der Waals surface area contributed by atoms with Crippen LogP contribution in [0.25, 0.3) is 0 Å². The quantitative estimate of drug-likeness (QED) is 0.175. The summed E-state index contributed by atoms with van der Waals surface area (Å²) in [6.07, 6.45) is -1.56. The molecule has 3 saturated heterocycles. The third-order valence-electron chi connectivity index (χ3n) is 12.4. The molecule has 4 N–H and O–H groups in total. The second kappa shape index (κ2) is 22.5. The lowest BCUT2D eigenvalue weighted by molar-refractivity contribution is -0.344. The summed E-state index contributed by atoms with van der Waals surface area (Å²) >= 11 is 0. The first-order valence-corrected chi connectivity index (χ1v) is 21.3. The van der Waals surface area contributed by atoms with E-state index in [9.17, 15) is 30.0 Å². The van der Waals surface area contributed by atoms with Crippen LogP contribution < -0.4 is 0 Å². The van der Waals surface area contributed by atoms with Gasteiger partial charge in [-0.05, 0) is 93.9 Å². The molecule has 0 aliphatic carbocycles. The van der Waals surface area contributed by atoms with Gasteiger partial charge >= 0.3 is 5.97 Å². The van der Waals surface area contributed by atoms with Crippen molar-refractivity contribution in [3.05, 3.63) is 24.3 Å². The van der Waals surface area contributed by atoms with Crippen LogP contribution in [0, 0.1) is 11.8 Å². The van der Waals surface area contributed by atoms with Crippen LogP contribution in [-0.2, 0) is 47.5 Å². The summed E-state index contributed by atoms with van der Waals surface area (Å²) in [7, 11) is 9.03. The topological polar surface area (TPSA) is 195 Å². The Labute approximate surface area is 351 Å². The molecule has 0 amide bonds. The lowest BCUT2D eigenvalue weighted by atomic mass is 9.82. The van der Waals surface area contributed by atoms with E-state index in [0.29, 0.717) is 19.3 Å². The van der Waals surface area contributed by atoms with Gasteiger partial charge in [0, 0.05) is 32.4 Å². The third-order valence-corrected chi connectivity index (χ3v) is 12.4. The second-order valence-electron chi connectivity index (χ2n) is 17.8. The number of carbonyl (C=O) groups is 2. The van der Waals surface area contributed by atoms with Crippen molar-refractivity contribution < 1.29 is 67.9 Å². The van der Waals surface area contributed by atoms with Crippen LogP contribution in [0.2, 0.25) is 0 Å². The fourth-order valence-corrected chi connectivity index (χ4v) is 9.10. The number of cyclic esters (lactones) is 1. The van der Waals surface area contributed by atoms with Gasteiger partial charge in [0.1, 0.15) is 36.8 Å². The van der Waals surface area contributed by atoms with Crippen molar-refractivity contribution >= 4 is 12.3 Å². The molecule has 0 saturated carbocycles. The predicted molar refractivity (Wildman–Crippen MR) is 217 cm³/mol. The van der Waals surface area contributed by atoms with E-state index in [-0.39, 0.29) is 30.9 Å². The number of esters is 1. The molecule has 0 radical (unpaired) electrons. The minimum absolute atomic E-state index is 0.00885. The number of nitrogens with zero attached hydrogens (tertiary/aromatic N) is 2. The van der Waals surface area contributed by atoms with E-state index in [2.05, 4.69) is 4.90 Å². The lowest BCUT2D eigenvalue weighted by Gasteiger charge is -2.50. The van der Waals surface area contributed by atoms with Crippen LogP contribution in [0.4, 0.5) is 0 Å². The van der Waals surface area contributed by atoms with Gasteiger partial charge in [-0.15, -0.1) is 0 Å². The molecule has 4 heterocycles. The van der Waals surface area contributed by atoms with E-state index >= 15 is 0 Å². The maximum atomic E-state index is 13.1. The molecule has 340 valence electrons. The normalized spacial score (nSPS) is 45.8. The number of aliphatic hydroxyl groups excluding tert-OH is 3. The summed E-state index contributed by atoms with van der Waals surface area (Å²) in [5.74, 6) is -1.47. The van der Waals surface area contributed by atoms with E-state index in [1.165, 1.54) is 14.0 Å². The number of rotatable bonds is 11. The Bertz CT molecular complexity index is 1370. The van der Waals surface area contributed by atoms with Crippen molar-refractivity contribution in [3.63, 3.8) is 0 Å². The Morgan fingerprint density at radius 1 is 0.864 bits per heavy atom.